The van der Waals surface area contributed by atoms with E-state index in [0.717, 1.165) is 17.7 Å². The molecular formula is C22H25N3O2S2. The number of nitrogens with zero attached hydrogens (tertiary/aromatic N) is 2. The summed E-state index contributed by atoms with van der Waals surface area (Å²) < 4.78 is 5.56. The zero-order valence-electron chi connectivity index (χ0n) is 16.6. The smallest absolute Gasteiger partial charge is 0.322 e. The van der Waals surface area contributed by atoms with Gasteiger partial charge in [-0.15, -0.1) is 28.6 Å². The lowest BCUT2D eigenvalue weighted by Crippen LogP contribution is -2.11. The monoisotopic (exact) mass is 427 g/mol. The minimum Gasteiger partial charge on any atom is -0.407 e. The third-order valence-electron chi connectivity index (χ3n) is 3.92. The number of benzene rings is 2. The highest BCUT2D eigenvalue weighted by molar-refractivity contribution is 8.00. The van der Waals surface area contributed by atoms with Crippen molar-refractivity contribution in [1.29, 1.82) is 0 Å². The van der Waals surface area contributed by atoms with Gasteiger partial charge in [0.1, 0.15) is 0 Å². The number of nitrogens with one attached hydrogen (secondary N) is 1. The lowest BCUT2D eigenvalue weighted by molar-refractivity contribution is -0.116. The first-order chi connectivity index (χ1) is 14.1. The number of anilines is 1. The third-order valence-corrected chi connectivity index (χ3v) is 6.04. The molecule has 2 aromatic carbocycles. The van der Waals surface area contributed by atoms with Crippen molar-refractivity contribution in [1.82, 2.24) is 10.2 Å². The molecule has 29 heavy (non-hydrogen) atoms. The number of carbonyl (C=O) groups is 1. The molecule has 1 amide bonds. The van der Waals surface area contributed by atoms with Crippen LogP contribution in [0.2, 0.25) is 0 Å². The molecule has 3 rings (SSSR count). The quantitative estimate of drug-likeness (QED) is 0.332. The number of amides is 1. The van der Waals surface area contributed by atoms with Crippen LogP contribution >= 0.6 is 23.5 Å². The molecule has 152 valence electrons. The van der Waals surface area contributed by atoms with Crippen LogP contribution < -0.4 is 5.32 Å². The highest BCUT2D eigenvalue weighted by atomic mass is 32.2. The van der Waals surface area contributed by atoms with Crippen molar-refractivity contribution in [3.8, 4) is 0 Å². The van der Waals surface area contributed by atoms with E-state index in [1.807, 2.05) is 30.0 Å². The van der Waals surface area contributed by atoms with Gasteiger partial charge in [0.05, 0.1) is 6.42 Å². The Bertz CT molecular complexity index is 896. The van der Waals surface area contributed by atoms with Crippen molar-refractivity contribution in [2.45, 2.75) is 48.2 Å². The molecule has 0 saturated heterocycles. The molecule has 0 aliphatic heterocycles. The van der Waals surface area contributed by atoms with Crippen LogP contribution in [0, 0.1) is 0 Å². The standard InChI is InChI=1S/C22H25N3O2S2/c1-16(2)29-19-12-10-17(11-13-19)15-21-24-25-22(27-21)23-20(26)9-6-14-28-18-7-4-3-5-8-18/h3-5,7-8,10-13,16H,6,9,14-15H2,1-2H3,(H,23,25,26). The van der Waals surface area contributed by atoms with Gasteiger partial charge in [0.15, 0.2) is 0 Å². The molecule has 3 aromatic rings. The summed E-state index contributed by atoms with van der Waals surface area (Å²) in [5, 5.41) is 11.2. The first kappa shape index (κ1) is 21.5. The van der Waals surface area contributed by atoms with Crippen molar-refractivity contribution in [3.05, 3.63) is 66.1 Å². The van der Waals surface area contributed by atoms with Gasteiger partial charge >= 0.3 is 6.01 Å². The molecule has 1 N–H and O–H groups in total. The minimum atomic E-state index is -0.107. The van der Waals surface area contributed by atoms with Gasteiger partial charge in [-0.05, 0) is 42.0 Å². The highest BCUT2D eigenvalue weighted by Crippen LogP contribution is 2.23. The van der Waals surface area contributed by atoms with Crippen LogP contribution in [-0.2, 0) is 11.2 Å². The van der Waals surface area contributed by atoms with E-state index < -0.39 is 0 Å². The number of hydrogen-bond acceptors (Lipinski definition) is 6. The maximum atomic E-state index is 12.1. The average Bonchev–Trinajstić information content (AvgIpc) is 3.14. The Labute approximate surface area is 180 Å². The molecule has 1 aromatic heterocycles. The van der Waals surface area contributed by atoms with Crippen LogP contribution in [0.25, 0.3) is 0 Å². The molecule has 0 radical (unpaired) electrons. The van der Waals surface area contributed by atoms with Gasteiger partial charge in [-0.2, -0.15) is 0 Å². The summed E-state index contributed by atoms with van der Waals surface area (Å²) in [6.07, 6.45) is 1.75. The number of carbonyl (C=O) groups excluding carboxylic acids is 1. The molecule has 0 saturated carbocycles. The van der Waals surface area contributed by atoms with E-state index in [1.165, 1.54) is 9.79 Å². The number of aromatic nitrogens is 2. The normalized spacial score (nSPS) is 11.0. The van der Waals surface area contributed by atoms with Gasteiger partial charge in [0.25, 0.3) is 0 Å². The van der Waals surface area contributed by atoms with Gasteiger partial charge in [-0.1, -0.05) is 49.3 Å². The maximum Gasteiger partial charge on any atom is 0.322 e. The van der Waals surface area contributed by atoms with E-state index in [1.54, 1.807) is 11.8 Å². The molecule has 1 heterocycles. The summed E-state index contributed by atoms with van der Waals surface area (Å²) in [6, 6.07) is 18.7. The second-order valence-electron chi connectivity index (χ2n) is 6.80. The topological polar surface area (TPSA) is 68.0 Å². The summed E-state index contributed by atoms with van der Waals surface area (Å²) in [6.45, 7) is 4.35. The third kappa shape index (κ3) is 7.59. The van der Waals surface area contributed by atoms with Crippen molar-refractivity contribution in [2.75, 3.05) is 11.1 Å². The van der Waals surface area contributed by atoms with Crippen LogP contribution in [0.5, 0.6) is 0 Å². The van der Waals surface area contributed by atoms with E-state index >= 15 is 0 Å². The second kappa shape index (κ2) is 11.1. The Hall–Kier alpha value is -2.25. The Balaban J connectivity index is 1.40. The van der Waals surface area contributed by atoms with Gasteiger partial charge in [-0.25, -0.2) is 0 Å². The van der Waals surface area contributed by atoms with E-state index in [4.69, 9.17) is 4.42 Å². The fourth-order valence-corrected chi connectivity index (χ4v) is 4.34. The predicted octanol–water partition coefficient (Wildman–Crippen LogP) is 5.67. The number of thioether (sulfide) groups is 2. The van der Waals surface area contributed by atoms with E-state index in [0.29, 0.717) is 24.0 Å². The minimum absolute atomic E-state index is 0.107. The Morgan fingerprint density at radius 3 is 2.52 bits per heavy atom. The zero-order chi connectivity index (χ0) is 20.5. The van der Waals surface area contributed by atoms with E-state index in [2.05, 4.69) is 65.8 Å². The highest BCUT2D eigenvalue weighted by Gasteiger charge is 2.10. The van der Waals surface area contributed by atoms with Crippen LogP contribution in [0.15, 0.2) is 68.8 Å². The molecule has 0 atom stereocenters. The predicted molar refractivity (Wildman–Crippen MR) is 120 cm³/mol. The van der Waals surface area contributed by atoms with Crippen molar-refractivity contribution in [2.24, 2.45) is 0 Å². The lowest BCUT2D eigenvalue weighted by atomic mass is 10.1. The van der Waals surface area contributed by atoms with Gasteiger partial charge in [-0.3, -0.25) is 10.1 Å². The Morgan fingerprint density at radius 2 is 1.79 bits per heavy atom. The Morgan fingerprint density at radius 1 is 1.03 bits per heavy atom. The van der Waals surface area contributed by atoms with Crippen LogP contribution in [0.1, 0.15) is 38.1 Å². The molecular weight excluding hydrogens is 402 g/mol. The largest absolute Gasteiger partial charge is 0.407 e. The first-order valence-corrected chi connectivity index (χ1v) is 11.5. The average molecular weight is 428 g/mol. The summed E-state index contributed by atoms with van der Waals surface area (Å²) in [4.78, 5) is 14.5. The Kier molecular flexibility index (Phi) is 8.19. The number of hydrogen-bond donors (Lipinski definition) is 1. The van der Waals surface area contributed by atoms with Crippen LogP contribution in [-0.4, -0.2) is 27.1 Å². The molecule has 0 aliphatic carbocycles. The fourth-order valence-electron chi connectivity index (χ4n) is 2.63. The SMILES string of the molecule is CC(C)Sc1ccc(Cc2nnc(NC(=O)CCCSc3ccccc3)o2)cc1. The van der Waals surface area contributed by atoms with Crippen molar-refractivity contribution < 1.29 is 9.21 Å². The zero-order valence-corrected chi connectivity index (χ0v) is 18.3. The molecule has 0 aliphatic rings. The first-order valence-electron chi connectivity index (χ1n) is 9.64. The van der Waals surface area contributed by atoms with Crippen LogP contribution in [0.3, 0.4) is 0 Å². The molecule has 0 unspecified atom stereocenters. The van der Waals surface area contributed by atoms with Crippen LogP contribution in [0.4, 0.5) is 6.01 Å². The second-order valence-corrected chi connectivity index (χ2v) is 9.62. The molecule has 0 spiro atoms. The molecule has 0 fully saturated rings. The van der Waals surface area contributed by atoms with Gasteiger partial charge in [0, 0.05) is 21.5 Å². The van der Waals surface area contributed by atoms with Crippen molar-refractivity contribution in [3.63, 3.8) is 0 Å². The number of rotatable bonds is 10. The summed E-state index contributed by atoms with van der Waals surface area (Å²) >= 11 is 3.58. The molecule has 5 nitrogen and oxygen atoms in total. The summed E-state index contributed by atoms with van der Waals surface area (Å²) in [7, 11) is 0. The fraction of sp³-hybridized carbons (Fsp3) is 0.318. The van der Waals surface area contributed by atoms with Gasteiger partial charge in [0.2, 0.25) is 11.8 Å². The lowest BCUT2D eigenvalue weighted by Gasteiger charge is -2.05. The summed E-state index contributed by atoms with van der Waals surface area (Å²) in [5.41, 5.74) is 1.09. The van der Waals surface area contributed by atoms with E-state index in [-0.39, 0.29) is 11.9 Å². The molecule has 7 heteroatoms. The van der Waals surface area contributed by atoms with Gasteiger partial charge < -0.3 is 4.42 Å². The molecule has 0 bridgehead atoms. The van der Waals surface area contributed by atoms with E-state index in [9.17, 15) is 4.79 Å². The van der Waals surface area contributed by atoms with Crippen molar-refractivity contribution >= 4 is 35.4 Å². The summed E-state index contributed by atoms with van der Waals surface area (Å²) in [5.74, 6) is 1.27. The maximum absolute atomic E-state index is 12.1.